The maximum Gasteiger partial charge on any atom is 0.219 e. The van der Waals surface area contributed by atoms with Crippen molar-refractivity contribution < 1.29 is 4.79 Å². The zero-order valence-corrected chi connectivity index (χ0v) is 11.5. The van der Waals surface area contributed by atoms with Gasteiger partial charge in [-0.05, 0) is 13.8 Å². The van der Waals surface area contributed by atoms with E-state index in [-0.39, 0.29) is 5.91 Å². The first-order valence-electron chi connectivity index (χ1n) is 5.97. The molecule has 0 unspecified atom stereocenters. The number of hydrogen-bond donors (Lipinski definition) is 0. The van der Waals surface area contributed by atoms with Crippen molar-refractivity contribution >= 4 is 17.2 Å². The van der Waals surface area contributed by atoms with Crippen LogP contribution >= 0.6 is 11.3 Å². The molecule has 1 saturated heterocycles. The lowest BCUT2D eigenvalue weighted by Gasteiger charge is -2.33. The molecule has 1 aliphatic heterocycles. The summed E-state index contributed by atoms with van der Waals surface area (Å²) in [5.41, 5.74) is 1.15. The van der Waals surface area contributed by atoms with Crippen molar-refractivity contribution in [2.75, 3.05) is 26.2 Å². The fraction of sp³-hybridized carbons (Fsp3) is 0.667. The maximum absolute atomic E-state index is 11.2. The van der Waals surface area contributed by atoms with Gasteiger partial charge in [-0.15, -0.1) is 11.3 Å². The van der Waals surface area contributed by atoms with Crippen LogP contribution in [0.3, 0.4) is 0 Å². The van der Waals surface area contributed by atoms with E-state index >= 15 is 0 Å². The Kier molecular flexibility index (Phi) is 3.79. The molecular formula is C12H19N3OS. The summed E-state index contributed by atoms with van der Waals surface area (Å²) in [6, 6.07) is 0. The average molecular weight is 253 g/mol. The molecule has 0 spiro atoms. The van der Waals surface area contributed by atoms with Gasteiger partial charge in [0, 0.05) is 44.5 Å². The zero-order chi connectivity index (χ0) is 12.4. The maximum atomic E-state index is 11.2. The minimum Gasteiger partial charge on any atom is -0.340 e. The topological polar surface area (TPSA) is 36.4 Å². The van der Waals surface area contributed by atoms with Crippen LogP contribution in [0.4, 0.5) is 0 Å². The first kappa shape index (κ1) is 12.5. The predicted molar refractivity (Wildman–Crippen MR) is 69.1 cm³/mol. The first-order valence-corrected chi connectivity index (χ1v) is 6.78. The summed E-state index contributed by atoms with van der Waals surface area (Å²) in [5, 5.41) is 1.14. The number of piperazine rings is 1. The molecule has 0 atom stereocenters. The number of nitrogens with zero attached hydrogens (tertiary/aromatic N) is 3. The van der Waals surface area contributed by atoms with Gasteiger partial charge < -0.3 is 4.90 Å². The van der Waals surface area contributed by atoms with Gasteiger partial charge in [0.2, 0.25) is 5.91 Å². The Labute approximate surface area is 106 Å². The van der Waals surface area contributed by atoms with E-state index in [0.717, 1.165) is 43.4 Å². The molecule has 0 bridgehead atoms. The largest absolute Gasteiger partial charge is 0.340 e. The fourth-order valence-electron chi connectivity index (χ4n) is 2.14. The van der Waals surface area contributed by atoms with Gasteiger partial charge in [-0.25, -0.2) is 4.98 Å². The molecule has 1 aromatic rings. The number of carbonyl (C=O) groups excluding carboxylic acids is 1. The van der Waals surface area contributed by atoms with Crippen LogP contribution in [0, 0.1) is 13.8 Å². The van der Waals surface area contributed by atoms with Gasteiger partial charge in [-0.2, -0.15) is 0 Å². The number of carbonyl (C=O) groups is 1. The van der Waals surface area contributed by atoms with Crippen molar-refractivity contribution in [1.82, 2.24) is 14.8 Å². The van der Waals surface area contributed by atoms with Gasteiger partial charge in [0.25, 0.3) is 0 Å². The Bertz CT molecular complexity index is 408. The molecule has 1 amide bonds. The van der Waals surface area contributed by atoms with Crippen LogP contribution < -0.4 is 0 Å². The first-order chi connectivity index (χ1) is 8.06. The SMILES string of the molecule is CC(=O)N1CCN(Cc2sc(C)nc2C)CC1. The second-order valence-corrected chi connectivity index (χ2v) is 5.81. The predicted octanol–water partition coefficient (Wildman–Crippen LogP) is 1.42. The van der Waals surface area contributed by atoms with Crippen LogP contribution in [0.15, 0.2) is 0 Å². The molecule has 0 radical (unpaired) electrons. The van der Waals surface area contributed by atoms with Gasteiger partial charge in [0.05, 0.1) is 10.7 Å². The Morgan fingerprint density at radius 3 is 2.41 bits per heavy atom. The average Bonchev–Trinajstić information content (AvgIpc) is 2.58. The molecule has 0 aliphatic carbocycles. The van der Waals surface area contributed by atoms with Crippen LogP contribution in [0.25, 0.3) is 0 Å². The molecule has 17 heavy (non-hydrogen) atoms. The third-order valence-corrected chi connectivity index (χ3v) is 4.24. The lowest BCUT2D eigenvalue weighted by atomic mass is 10.3. The molecule has 5 heteroatoms. The second-order valence-electron chi connectivity index (χ2n) is 4.52. The second kappa shape index (κ2) is 5.14. The number of hydrogen-bond acceptors (Lipinski definition) is 4. The summed E-state index contributed by atoms with van der Waals surface area (Å²) in [7, 11) is 0. The van der Waals surface area contributed by atoms with Crippen molar-refractivity contribution in [2.24, 2.45) is 0 Å². The van der Waals surface area contributed by atoms with Gasteiger partial charge in [0.15, 0.2) is 0 Å². The monoisotopic (exact) mass is 253 g/mol. The number of aryl methyl sites for hydroxylation is 2. The summed E-state index contributed by atoms with van der Waals surface area (Å²) in [5.74, 6) is 0.189. The summed E-state index contributed by atoms with van der Waals surface area (Å²) in [4.78, 5) is 21.3. The minimum absolute atomic E-state index is 0.189. The van der Waals surface area contributed by atoms with Crippen LogP contribution in [0.1, 0.15) is 22.5 Å². The molecule has 1 aliphatic rings. The van der Waals surface area contributed by atoms with Crippen LogP contribution in [-0.4, -0.2) is 46.9 Å². The van der Waals surface area contributed by atoms with Crippen LogP contribution in [-0.2, 0) is 11.3 Å². The van der Waals surface area contributed by atoms with E-state index in [9.17, 15) is 4.79 Å². The van der Waals surface area contributed by atoms with E-state index in [4.69, 9.17) is 0 Å². The smallest absolute Gasteiger partial charge is 0.219 e. The molecule has 0 N–H and O–H groups in total. The fourth-order valence-corrected chi connectivity index (χ4v) is 3.12. The molecular weight excluding hydrogens is 234 g/mol. The highest BCUT2D eigenvalue weighted by Crippen LogP contribution is 2.19. The Morgan fingerprint density at radius 2 is 1.94 bits per heavy atom. The summed E-state index contributed by atoms with van der Waals surface area (Å²) < 4.78 is 0. The highest BCUT2D eigenvalue weighted by atomic mass is 32.1. The van der Waals surface area contributed by atoms with Crippen molar-refractivity contribution in [3.8, 4) is 0 Å². The number of amides is 1. The van der Waals surface area contributed by atoms with Gasteiger partial charge in [-0.1, -0.05) is 0 Å². The van der Waals surface area contributed by atoms with E-state index in [1.165, 1.54) is 4.88 Å². The number of thiazole rings is 1. The van der Waals surface area contributed by atoms with Crippen LogP contribution in [0.5, 0.6) is 0 Å². The summed E-state index contributed by atoms with van der Waals surface area (Å²) in [6.07, 6.45) is 0. The Morgan fingerprint density at radius 1 is 1.29 bits per heavy atom. The Hall–Kier alpha value is -0.940. The highest BCUT2D eigenvalue weighted by molar-refractivity contribution is 7.11. The normalized spacial score (nSPS) is 17.5. The third-order valence-electron chi connectivity index (χ3n) is 3.18. The summed E-state index contributed by atoms with van der Waals surface area (Å²) in [6.45, 7) is 10.4. The molecule has 2 rings (SSSR count). The van der Waals surface area contributed by atoms with Gasteiger partial charge in [0.1, 0.15) is 0 Å². The molecule has 4 nitrogen and oxygen atoms in total. The van der Waals surface area contributed by atoms with Crippen LogP contribution in [0.2, 0.25) is 0 Å². The molecule has 2 heterocycles. The van der Waals surface area contributed by atoms with Gasteiger partial charge >= 0.3 is 0 Å². The minimum atomic E-state index is 0.189. The van der Waals surface area contributed by atoms with E-state index in [2.05, 4.69) is 23.7 Å². The molecule has 0 aromatic carbocycles. The summed E-state index contributed by atoms with van der Waals surface area (Å²) >= 11 is 1.78. The van der Waals surface area contributed by atoms with Crippen molar-refractivity contribution in [3.05, 3.63) is 15.6 Å². The van der Waals surface area contributed by atoms with Crippen molar-refractivity contribution in [3.63, 3.8) is 0 Å². The van der Waals surface area contributed by atoms with Crippen molar-refractivity contribution in [1.29, 1.82) is 0 Å². The molecule has 94 valence electrons. The molecule has 0 saturated carbocycles. The Balaban J connectivity index is 1.90. The highest BCUT2D eigenvalue weighted by Gasteiger charge is 2.19. The lowest BCUT2D eigenvalue weighted by molar-refractivity contribution is -0.130. The third kappa shape index (κ3) is 3.04. The number of rotatable bonds is 2. The molecule has 1 fully saturated rings. The zero-order valence-electron chi connectivity index (χ0n) is 10.7. The van der Waals surface area contributed by atoms with Crippen molar-refractivity contribution in [2.45, 2.75) is 27.3 Å². The van der Waals surface area contributed by atoms with E-state index in [1.54, 1.807) is 18.3 Å². The standard InChI is InChI=1S/C12H19N3OS/c1-9-12(17-10(2)13-9)8-14-4-6-15(7-5-14)11(3)16/h4-8H2,1-3H3. The van der Waals surface area contributed by atoms with E-state index in [1.807, 2.05) is 4.90 Å². The van der Waals surface area contributed by atoms with Gasteiger partial charge in [-0.3, -0.25) is 9.69 Å². The van der Waals surface area contributed by atoms with E-state index < -0.39 is 0 Å². The van der Waals surface area contributed by atoms with E-state index in [0.29, 0.717) is 0 Å². The lowest BCUT2D eigenvalue weighted by Crippen LogP contribution is -2.47. The molecule has 1 aromatic heterocycles. The quantitative estimate of drug-likeness (QED) is 0.800. The number of aromatic nitrogens is 1.